The van der Waals surface area contributed by atoms with Crippen LogP contribution in [0.5, 0.6) is 5.75 Å². The first-order valence-electron chi connectivity index (χ1n) is 6.25. The number of halogens is 2. The Kier molecular flexibility index (Phi) is 4.51. The standard InChI is InChI=1S/C13H16F2N2O3/c1-20-7-4-8(14)12(9(15)5-7)13(19)17-10-2-3-16-6-11(10)18/h4-5,10-11,16,18H,2-3,6H2,1H3,(H,17,19). The number of benzene rings is 1. The van der Waals surface area contributed by atoms with Crippen molar-refractivity contribution in [3.63, 3.8) is 0 Å². The second-order valence-corrected chi connectivity index (χ2v) is 4.61. The van der Waals surface area contributed by atoms with Gasteiger partial charge < -0.3 is 20.5 Å². The lowest BCUT2D eigenvalue weighted by Gasteiger charge is -2.29. The molecule has 0 spiro atoms. The summed E-state index contributed by atoms with van der Waals surface area (Å²) in [6.07, 6.45) is -0.288. The zero-order chi connectivity index (χ0) is 14.7. The van der Waals surface area contributed by atoms with Crippen molar-refractivity contribution in [3.05, 3.63) is 29.3 Å². The number of methoxy groups -OCH3 is 1. The van der Waals surface area contributed by atoms with Gasteiger partial charge >= 0.3 is 0 Å². The Bertz CT molecular complexity index is 487. The number of nitrogens with one attached hydrogen (secondary N) is 2. The maximum absolute atomic E-state index is 13.7. The molecule has 2 atom stereocenters. The van der Waals surface area contributed by atoms with Gasteiger partial charge in [0.05, 0.1) is 19.3 Å². The number of rotatable bonds is 3. The van der Waals surface area contributed by atoms with Crippen LogP contribution in [0, 0.1) is 11.6 Å². The van der Waals surface area contributed by atoms with E-state index >= 15 is 0 Å². The van der Waals surface area contributed by atoms with Crippen LogP contribution in [0.15, 0.2) is 12.1 Å². The first-order chi connectivity index (χ1) is 9.52. The first kappa shape index (κ1) is 14.7. The van der Waals surface area contributed by atoms with Crippen molar-refractivity contribution in [1.29, 1.82) is 0 Å². The van der Waals surface area contributed by atoms with E-state index in [9.17, 15) is 18.7 Å². The molecule has 0 bridgehead atoms. The van der Waals surface area contributed by atoms with Gasteiger partial charge in [-0.05, 0) is 13.0 Å². The molecule has 1 fully saturated rings. The number of hydrogen-bond donors (Lipinski definition) is 3. The zero-order valence-electron chi connectivity index (χ0n) is 11.0. The average Bonchev–Trinajstić information content (AvgIpc) is 2.40. The molecule has 1 aliphatic heterocycles. The van der Waals surface area contributed by atoms with Gasteiger partial charge in [-0.25, -0.2) is 8.78 Å². The fraction of sp³-hybridized carbons (Fsp3) is 0.462. The highest BCUT2D eigenvalue weighted by Gasteiger charge is 2.27. The number of carbonyl (C=O) groups excluding carboxylic acids is 1. The maximum atomic E-state index is 13.7. The topological polar surface area (TPSA) is 70.6 Å². The molecule has 1 aromatic rings. The number of aliphatic hydroxyl groups is 1. The smallest absolute Gasteiger partial charge is 0.257 e. The lowest BCUT2D eigenvalue weighted by atomic mass is 10.0. The molecule has 0 saturated carbocycles. The quantitative estimate of drug-likeness (QED) is 0.753. The molecule has 0 aliphatic carbocycles. The largest absolute Gasteiger partial charge is 0.497 e. The van der Waals surface area contributed by atoms with Gasteiger partial charge in [0, 0.05) is 18.7 Å². The summed E-state index contributed by atoms with van der Waals surface area (Å²) in [7, 11) is 1.28. The number of β-amino-alcohol motifs (C(OH)–C–C–N with tert-alkyl or cyclic N) is 1. The van der Waals surface area contributed by atoms with E-state index in [0.29, 0.717) is 19.5 Å². The number of hydrogen-bond acceptors (Lipinski definition) is 4. The highest BCUT2D eigenvalue weighted by molar-refractivity contribution is 5.95. The Balaban J connectivity index is 2.16. The van der Waals surface area contributed by atoms with Crippen LogP contribution in [0.25, 0.3) is 0 Å². The second kappa shape index (κ2) is 6.15. The normalized spacial score (nSPS) is 22.4. The van der Waals surface area contributed by atoms with Gasteiger partial charge in [-0.3, -0.25) is 4.79 Å². The van der Waals surface area contributed by atoms with Gasteiger partial charge in [0.1, 0.15) is 22.9 Å². The van der Waals surface area contributed by atoms with E-state index in [2.05, 4.69) is 10.6 Å². The van der Waals surface area contributed by atoms with Crippen molar-refractivity contribution in [2.45, 2.75) is 18.6 Å². The van der Waals surface area contributed by atoms with Crippen LogP contribution in [-0.4, -0.2) is 43.4 Å². The predicted octanol–water partition coefficient (Wildman–Crippen LogP) is 0.426. The van der Waals surface area contributed by atoms with Crippen molar-refractivity contribution >= 4 is 5.91 Å². The van der Waals surface area contributed by atoms with Crippen molar-refractivity contribution in [3.8, 4) is 5.75 Å². The van der Waals surface area contributed by atoms with Crippen LogP contribution in [0.1, 0.15) is 16.8 Å². The van der Waals surface area contributed by atoms with E-state index in [1.165, 1.54) is 7.11 Å². The van der Waals surface area contributed by atoms with Crippen molar-refractivity contribution in [2.75, 3.05) is 20.2 Å². The lowest BCUT2D eigenvalue weighted by Crippen LogP contribution is -2.52. The van der Waals surface area contributed by atoms with Crippen molar-refractivity contribution < 1.29 is 23.4 Å². The van der Waals surface area contributed by atoms with Gasteiger partial charge in [-0.2, -0.15) is 0 Å². The van der Waals surface area contributed by atoms with Crippen LogP contribution in [-0.2, 0) is 0 Å². The summed E-state index contributed by atoms with van der Waals surface area (Å²) in [5, 5.41) is 15.1. The number of carbonyl (C=O) groups is 1. The molecular formula is C13H16F2N2O3. The summed E-state index contributed by atoms with van der Waals surface area (Å²) in [6.45, 7) is 0.952. The Morgan fingerprint density at radius 1 is 1.45 bits per heavy atom. The number of amides is 1. The molecule has 2 rings (SSSR count). The van der Waals surface area contributed by atoms with Crippen LogP contribution in [0.3, 0.4) is 0 Å². The molecule has 20 heavy (non-hydrogen) atoms. The molecule has 5 nitrogen and oxygen atoms in total. The molecule has 0 radical (unpaired) electrons. The summed E-state index contributed by atoms with van der Waals surface area (Å²) < 4.78 is 32.2. The highest BCUT2D eigenvalue weighted by atomic mass is 19.1. The third-order valence-electron chi connectivity index (χ3n) is 3.24. The van der Waals surface area contributed by atoms with Gasteiger partial charge in [0.25, 0.3) is 5.91 Å². The van der Waals surface area contributed by atoms with E-state index in [0.717, 1.165) is 12.1 Å². The summed E-state index contributed by atoms with van der Waals surface area (Å²) in [5.74, 6) is -2.88. The summed E-state index contributed by atoms with van der Waals surface area (Å²) in [6, 6.07) is 1.36. The molecule has 1 aliphatic rings. The third-order valence-corrected chi connectivity index (χ3v) is 3.24. The lowest BCUT2D eigenvalue weighted by molar-refractivity contribution is 0.0758. The van der Waals surface area contributed by atoms with Crippen molar-refractivity contribution in [2.24, 2.45) is 0 Å². The van der Waals surface area contributed by atoms with Gasteiger partial charge in [-0.15, -0.1) is 0 Å². The Morgan fingerprint density at radius 3 is 2.65 bits per heavy atom. The fourth-order valence-corrected chi connectivity index (χ4v) is 2.14. The maximum Gasteiger partial charge on any atom is 0.257 e. The predicted molar refractivity (Wildman–Crippen MR) is 67.7 cm³/mol. The van der Waals surface area contributed by atoms with E-state index in [-0.39, 0.29) is 5.75 Å². The Hall–Kier alpha value is -1.73. The monoisotopic (exact) mass is 286 g/mol. The summed E-state index contributed by atoms with van der Waals surface area (Å²) in [4.78, 5) is 11.9. The van der Waals surface area contributed by atoms with Crippen LogP contribution in [0.2, 0.25) is 0 Å². The van der Waals surface area contributed by atoms with Crippen LogP contribution < -0.4 is 15.4 Å². The molecule has 1 amide bonds. The van der Waals surface area contributed by atoms with Gasteiger partial charge in [0.2, 0.25) is 0 Å². The van der Waals surface area contributed by atoms with Gasteiger partial charge in [0.15, 0.2) is 0 Å². The minimum absolute atomic E-state index is 0.00143. The van der Waals surface area contributed by atoms with E-state index in [1.54, 1.807) is 0 Å². The summed E-state index contributed by atoms with van der Waals surface area (Å²) >= 11 is 0. The molecule has 0 aromatic heterocycles. The second-order valence-electron chi connectivity index (χ2n) is 4.61. The zero-order valence-corrected chi connectivity index (χ0v) is 11.0. The van der Waals surface area contributed by atoms with Crippen LogP contribution >= 0.6 is 0 Å². The summed E-state index contributed by atoms with van der Waals surface area (Å²) in [5.41, 5.74) is -0.670. The Morgan fingerprint density at radius 2 is 2.10 bits per heavy atom. The average molecular weight is 286 g/mol. The highest BCUT2D eigenvalue weighted by Crippen LogP contribution is 2.20. The minimum atomic E-state index is -0.997. The molecule has 1 saturated heterocycles. The molecule has 3 N–H and O–H groups in total. The fourth-order valence-electron chi connectivity index (χ4n) is 2.14. The van der Waals surface area contributed by atoms with E-state index in [4.69, 9.17) is 4.74 Å². The van der Waals surface area contributed by atoms with E-state index in [1.807, 2.05) is 0 Å². The third kappa shape index (κ3) is 3.05. The molecule has 1 heterocycles. The SMILES string of the molecule is COc1cc(F)c(C(=O)NC2CCNCC2O)c(F)c1. The minimum Gasteiger partial charge on any atom is -0.497 e. The molecule has 2 unspecified atom stereocenters. The Labute approximate surface area is 114 Å². The number of piperidine rings is 1. The first-order valence-corrected chi connectivity index (χ1v) is 6.25. The van der Waals surface area contributed by atoms with Crippen molar-refractivity contribution in [1.82, 2.24) is 10.6 Å². The number of aliphatic hydroxyl groups excluding tert-OH is 1. The molecule has 1 aromatic carbocycles. The molecular weight excluding hydrogens is 270 g/mol. The van der Waals surface area contributed by atoms with Gasteiger partial charge in [-0.1, -0.05) is 0 Å². The van der Waals surface area contributed by atoms with E-state index < -0.39 is 35.3 Å². The number of ether oxygens (including phenoxy) is 1. The molecule has 7 heteroatoms. The van der Waals surface area contributed by atoms with Crippen LogP contribution in [0.4, 0.5) is 8.78 Å². The molecule has 110 valence electrons.